The Balaban J connectivity index is 2.31. The van der Waals surface area contributed by atoms with E-state index in [1.807, 2.05) is 0 Å². The Labute approximate surface area is 119 Å². The summed E-state index contributed by atoms with van der Waals surface area (Å²) in [5, 5.41) is 3.35. The van der Waals surface area contributed by atoms with Crippen LogP contribution in [0, 0.1) is 0 Å². The van der Waals surface area contributed by atoms with Crippen molar-refractivity contribution in [1.29, 1.82) is 0 Å². The number of hydrogen-bond acceptors (Lipinski definition) is 1. The van der Waals surface area contributed by atoms with Crippen molar-refractivity contribution in [3.63, 3.8) is 0 Å². The van der Waals surface area contributed by atoms with Crippen LogP contribution in [0.1, 0.15) is 57.1 Å². The molecule has 0 spiro atoms. The average molecular weight is 287 g/mol. The Morgan fingerprint density at radius 1 is 1.05 bits per heavy atom. The molecule has 0 heterocycles. The third-order valence-corrected chi connectivity index (χ3v) is 3.43. The zero-order valence-electron chi connectivity index (χ0n) is 12.3. The molecule has 1 N–H and O–H groups in total. The molecule has 0 saturated heterocycles. The normalized spacial score (nSPS) is 13.4. The number of rotatable bonds is 8. The van der Waals surface area contributed by atoms with Gasteiger partial charge in [-0.15, -0.1) is 0 Å². The first-order valence-electron chi connectivity index (χ1n) is 7.33. The number of alkyl halides is 3. The first kappa shape index (κ1) is 17.0. The van der Waals surface area contributed by atoms with Crippen LogP contribution in [0.2, 0.25) is 0 Å². The molecule has 0 fully saturated rings. The highest BCUT2D eigenvalue weighted by Gasteiger charge is 2.29. The second-order valence-corrected chi connectivity index (χ2v) is 5.33. The maximum Gasteiger partial charge on any atom is 0.416 e. The van der Waals surface area contributed by atoms with Crippen molar-refractivity contribution in [3.05, 3.63) is 35.4 Å². The molecule has 0 radical (unpaired) electrons. The van der Waals surface area contributed by atoms with Crippen molar-refractivity contribution in [3.8, 4) is 0 Å². The van der Waals surface area contributed by atoms with Crippen molar-refractivity contribution in [2.45, 2.75) is 64.7 Å². The van der Waals surface area contributed by atoms with Crippen molar-refractivity contribution in [2.24, 2.45) is 0 Å². The Morgan fingerprint density at radius 3 is 2.25 bits per heavy atom. The molecular weight excluding hydrogens is 263 g/mol. The molecule has 1 nitrogen and oxygen atoms in total. The van der Waals surface area contributed by atoms with Gasteiger partial charge in [0, 0.05) is 12.6 Å². The highest BCUT2D eigenvalue weighted by Crippen LogP contribution is 2.29. The maximum atomic E-state index is 12.4. The summed E-state index contributed by atoms with van der Waals surface area (Å²) in [7, 11) is 0. The Bertz CT molecular complexity index is 370. The number of unbranched alkanes of at least 4 members (excludes halogenated alkanes) is 3. The minimum atomic E-state index is -4.25. The minimum absolute atomic E-state index is 0.397. The fourth-order valence-electron chi connectivity index (χ4n) is 2.08. The average Bonchev–Trinajstić information content (AvgIpc) is 2.41. The summed E-state index contributed by atoms with van der Waals surface area (Å²) in [6, 6.07) is 5.76. The number of benzene rings is 1. The van der Waals surface area contributed by atoms with Gasteiger partial charge in [-0.05, 0) is 31.0 Å². The van der Waals surface area contributed by atoms with E-state index in [0.717, 1.165) is 24.1 Å². The van der Waals surface area contributed by atoms with E-state index in [2.05, 4.69) is 19.2 Å². The van der Waals surface area contributed by atoms with Gasteiger partial charge in [0.15, 0.2) is 0 Å². The summed E-state index contributed by atoms with van der Waals surface area (Å²) in [5.74, 6) is 0. The Kier molecular flexibility index (Phi) is 7.06. The number of halogens is 3. The van der Waals surface area contributed by atoms with E-state index in [4.69, 9.17) is 0 Å². The van der Waals surface area contributed by atoms with E-state index in [-0.39, 0.29) is 0 Å². The van der Waals surface area contributed by atoms with E-state index < -0.39 is 11.7 Å². The Morgan fingerprint density at radius 2 is 1.70 bits per heavy atom. The monoisotopic (exact) mass is 287 g/mol. The maximum absolute atomic E-state index is 12.4. The number of hydrogen-bond donors (Lipinski definition) is 1. The Hall–Kier alpha value is -1.03. The van der Waals surface area contributed by atoms with Gasteiger partial charge in [-0.1, -0.05) is 44.7 Å². The lowest BCUT2D eigenvalue weighted by atomic mass is 10.1. The SMILES string of the molecule is CCCCCCC(C)NCc1ccc(C(F)(F)F)cc1. The second-order valence-electron chi connectivity index (χ2n) is 5.33. The van der Waals surface area contributed by atoms with Crippen LogP contribution < -0.4 is 5.32 Å². The van der Waals surface area contributed by atoms with E-state index in [1.54, 1.807) is 12.1 Å². The van der Waals surface area contributed by atoms with Gasteiger partial charge in [-0.3, -0.25) is 0 Å². The molecule has 0 aliphatic rings. The van der Waals surface area contributed by atoms with Gasteiger partial charge >= 0.3 is 6.18 Å². The molecule has 1 atom stereocenters. The molecule has 1 rings (SSSR count). The van der Waals surface area contributed by atoms with Gasteiger partial charge in [0.1, 0.15) is 0 Å². The van der Waals surface area contributed by atoms with E-state index >= 15 is 0 Å². The van der Waals surface area contributed by atoms with Crippen LogP contribution >= 0.6 is 0 Å². The van der Waals surface area contributed by atoms with Gasteiger partial charge < -0.3 is 5.32 Å². The molecule has 1 unspecified atom stereocenters. The zero-order valence-corrected chi connectivity index (χ0v) is 12.3. The number of nitrogens with one attached hydrogen (secondary N) is 1. The lowest BCUT2D eigenvalue weighted by Crippen LogP contribution is -2.25. The van der Waals surface area contributed by atoms with Crippen LogP contribution in [-0.4, -0.2) is 6.04 Å². The highest BCUT2D eigenvalue weighted by molar-refractivity contribution is 5.24. The van der Waals surface area contributed by atoms with E-state index in [1.165, 1.54) is 25.7 Å². The smallest absolute Gasteiger partial charge is 0.310 e. The van der Waals surface area contributed by atoms with Crippen molar-refractivity contribution in [1.82, 2.24) is 5.32 Å². The van der Waals surface area contributed by atoms with Crippen molar-refractivity contribution in [2.75, 3.05) is 0 Å². The molecule has 1 aromatic carbocycles. The lowest BCUT2D eigenvalue weighted by Gasteiger charge is -2.14. The van der Waals surface area contributed by atoms with E-state index in [9.17, 15) is 13.2 Å². The fourth-order valence-corrected chi connectivity index (χ4v) is 2.08. The van der Waals surface area contributed by atoms with Gasteiger partial charge in [-0.2, -0.15) is 13.2 Å². The highest BCUT2D eigenvalue weighted by atomic mass is 19.4. The summed E-state index contributed by atoms with van der Waals surface area (Å²) in [6.07, 6.45) is 1.82. The van der Waals surface area contributed by atoms with Gasteiger partial charge in [-0.25, -0.2) is 0 Å². The summed E-state index contributed by atoms with van der Waals surface area (Å²) in [6.45, 7) is 4.93. The molecule has 0 aliphatic heterocycles. The molecule has 0 aromatic heterocycles. The standard InChI is InChI=1S/C16H24F3N/c1-3-4-5-6-7-13(2)20-12-14-8-10-15(11-9-14)16(17,18)19/h8-11,13,20H,3-7,12H2,1-2H3. The van der Waals surface area contributed by atoms with Gasteiger partial charge in [0.05, 0.1) is 5.56 Å². The topological polar surface area (TPSA) is 12.0 Å². The first-order chi connectivity index (χ1) is 9.43. The second kappa shape index (κ2) is 8.30. The third kappa shape index (κ3) is 6.42. The molecular formula is C16H24F3N. The molecule has 114 valence electrons. The summed E-state index contributed by atoms with van der Waals surface area (Å²) in [5.41, 5.74) is 0.298. The molecule has 1 aromatic rings. The van der Waals surface area contributed by atoms with Gasteiger partial charge in [0.25, 0.3) is 0 Å². The minimum Gasteiger partial charge on any atom is -0.310 e. The van der Waals surface area contributed by atoms with Crippen LogP contribution in [0.15, 0.2) is 24.3 Å². The largest absolute Gasteiger partial charge is 0.416 e. The molecule has 0 amide bonds. The third-order valence-electron chi connectivity index (χ3n) is 3.43. The predicted molar refractivity (Wildman–Crippen MR) is 76.5 cm³/mol. The van der Waals surface area contributed by atoms with Crippen LogP contribution in [-0.2, 0) is 12.7 Å². The van der Waals surface area contributed by atoms with Crippen molar-refractivity contribution < 1.29 is 13.2 Å². The first-order valence-corrected chi connectivity index (χ1v) is 7.33. The molecule has 0 aliphatic carbocycles. The predicted octanol–water partition coefficient (Wildman–Crippen LogP) is 5.15. The van der Waals surface area contributed by atoms with Gasteiger partial charge in [0.2, 0.25) is 0 Å². The van der Waals surface area contributed by atoms with Crippen LogP contribution in [0.4, 0.5) is 13.2 Å². The summed E-state index contributed by atoms with van der Waals surface area (Å²) in [4.78, 5) is 0. The zero-order chi connectivity index (χ0) is 15.0. The molecule has 4 heteroatoms. The summed E-state index contributed by atoms with van der Waals surface area (Å²) >= 11 is 0. The van der Waals surface area contributed by atoms with Crippen LogP contribution in [0.3, 0.4) is 0 Å². The van der Waals surface area contributed by atoms with Crippen LogP contribution in [0.25, 0.3) is 0 Å². The van der Waals surface area contributed by atoms with E-state index in [0.29, 0.717) is 12.6 Å². The van der Waals surface area contributed by atoms with Crippen LogP contribution in [0.5, 0.6) is 0 Å². The molecule has 20 heavy (non-hydrogen) atoms. The lowest BCUT2D eigenvalue weighted by molar-refractivity contribution is -0.137. The quantitative estimate of drug-likeness (QED) is 0.652. The molecule has 0 saturated carbocycles. The summed E-state index contributed by atoms with van der Waals surface area (Å²) < 4.78 is 37.3. The fraction of sp³-hybridized carbons (Fsp3) is 0.625. The molecule has 0 bridgehead atoms. The van der Waals surface area contributed by atoms with Crippen molar-refractivity contribution >= 4 is 0 Å².